The molecule has 202 valence electrons. The maximum atomic E-state index is 13.9. The van der Waals surface area contributed by atoms with Gasteiger partial charge in [-0.25, -0.2) is 26.1 Å². The first-order valence-electron chi connectivity index (χ1n) is 11.8. The second-order valence-corrected chi connectivity index (χ2v) is 15.0. The van der Waals surface area contributed by atoms with Gasteiger partial charge in [0.2, 0.25) is 5.91 Å². The van der Waals surface area contributed by atoms with Crippen molar-refractivity contribution in [2.45, 2.75) is 37.1 Å². The molecule has 0 fully saturated rings. The molecular weight excluding hydrogens is 565 g/mol. The van der Waals surface area contributed by atoms with Crippen molar-refractivity contribution < 1.29 is 21.6 Å². The highest BCUT2D eigenvalue weighted by atomic mass is 32.2. The van der Waals surface area contributed by atoms with Crippen LogP contribution in [0.1, 0.15) is 24.3 Å². The lowest BCUT2D eigenvalue weighted by Gasteiger charge is -2.34. The molecule has 0 aliphatic heterocycles. The molecule has 3 atom stereocenters. The smallest absolute Gasteiger partial charge is 0.267 e. The number of benzene rings is 2. The predicted molar refractivity (Wildman–Crippen MR) is 150 cm³/mol. The van der Waals surface area contributed by atoms with Crippen molar-refractivity contribution in [1.82, 2.24) is 14.3 Å². The summed E-state index contributed by atoms with van der Waals surface area (Å²) in [6, 6.07) is 13.8. The molecule has 0 bridgehead atoms. The zero-order chi connectivity index (χ0) is 27.5. The summed E-state index contributed by atoms with van der Waals surface area (Å²) in [6.45, 7) is 3.18. The van der Waals surface area contributed by atoms with Crippen LogP contribution in [0.4, 0.5) is 0 Å². The van der Waals surface area contributed by atoms with E-state index in [1.54, 1.807) is 18.5 Å². The van der Waals surface area contributed by atoms with Gasteiger partial charge in [0.25, 0.3) is 10.0 Å². The summed E-state index contributed by atoms with van der Waals surface area (Å²) >= 11 is 2.56. The highest BCUT2D eigenvalue weighted by Crippen LogP contribution is 2.28. The number of hydrogen-bond acceptors (Lipinski definition) is 10. The first-order valence-corrected chi connectivity index (χ1v) is 16.8. The SMILES string of the molecule is CC(CS(=O)(=O)Cc1cncs1)C(=O)N([C@H](N)[C@@H](C)Cc1ccccc1)S(=O)(=O)c1ccc2scnc2c1. The Kier molecular flexibility index (Phi) is 8.62. The van der Waals surface area contributed by atoms with E-state index in [1.807, 2.05) is 30.3 Å². The van der Waals surface area contributed by atoms with Gasteiger partial charge in [0.15, 0.2) is 9.84 Å². The van der Waals surface area contributed by atoms with Crippen molar-refractivity contribution in [2.75, 3.05) is 5.75 Å². The number of thiazole rings is 2. The van der Waals surface area contributed by atoms with Crippen molar-refractivity contribution >= 4 is 58.7 Å². The summed E-state index contributed by atoms with van der Waals surface area (Å²) in [5.41, 5.74) is 11.0. The second kappa shape index (κ2) is 11.6. The first kappa shape index (κ1) is 28.3. The summed E-state index contributed by atoms with van der Waals surface area (Å²) in [5, 5.41) is 0. The number of carbonyl (C=O) groups is 1. The zero-order valence-electron chi connectivity index (χ0n) is 20.8. The molecular formula is C25H28N4O5S4. The van der Waals surface area contributed by atoms with Crippen LogP contribution in [0.15, 0.2) is 70.6 Å². The summed E-state index contributed by atoms with van der Waals surface area (Å²) in [7, 11) is -8.17. The fourth-order valence-corrected chi connectivity index (χ4v) is 9.19. The fraction of sp³-hybridized carbons (Fsp3) is 0.320. The van der Waals surface area contributed by atoms with Crippen LogP contribution in [0.5, 0.6) is 0 Å². The van der Waals surface area contributed by atoms with Gasteiger partial charge >= 0.3 is 0 Å². The van der Waals surface area contributed by atoms with Gasteiger partial charge in [0, 0.05) is 11.1 Å². The van der Waals surface area contributed by atoms with Crippen LogP contribution in [0.25, 0.3) is 10.2 Å². The molecule has 0 saturated carbocycles. The van der Waals surface area contributed by atoms with Gasteiger partial charge in [-0.1, -0.05) is 44.2 Å². The number of aromatic nitrogens is 2. The van der Waals surface area contributed by atoms with Crippen LogP contribution in [0.3, 0.4) is 0 Å². The van der Waals surface area contributed by atoms with Gasteiger partial charge in [-0.15, -0.1) is 22.7 Å². The Morgan fingerprint density at radius 1 is 1.03 bits per heavy atom. The Balaban J connectivity index is 1.66. The Hall–Kier alpha value is -2.71. The number of sulfonamides is 1. The van der Waals surface area contributed by atoms with Crippen LogP contribution in [-0.2, 0) is 36.8 Å². The molecule has 0 radical (unpaired) electrons. The maximum Gasteiger partial charge on any atom is 0.267 e. The van der Waals surface area contributed by atoms with Gasteiger partial charge < -0.3 is 5.73 Å². The number of rotatable bonds is 11. The van der Waals surface area contributed by atoms with E-state index >= 15 is 0 Å². The van der Waals surface area contributed by atoms with Crippen LogP contribution < -0.4 is 5.73 Å². The quantitative estimate of drug-likeness (QED) is 0.260. The highest BCUT2D eigenvalue weighted by Gasteiger charge is 2.40. The van der Waals surface area contributed by atoms with Crippen molar-refractivity contribution in [3.05, 3.63) is 76.2 Å². The molecule has 4 rings (SSSR count). The standard InChI is InChI=1S/C25H28N4O5S4/c1-17(10-19-6-4-3-5-7-19)24(26)29(38(33,34)21-8-9-23-22(11-21)28-16-36-23)25(30)18(2)13-37(31,32)14-20-12-27-15-35-20/h3-9,11-12,15-18,24H,10,13-14,26H2,1-2H3/t17-,18?,24-/m0/s1. The third-order valence-corrected chi connectivity index (χ3v) is 11.4. The van der Waals surface area contributed by atoms with Crippen LogP contribution >= 0.6 is 22.7 Å². The molecule has 1 unspecified atom stereocenters. The molecule has 0 aliphatic rings. The molecule has 38 heavy (non-hydrogen) atoms. The van der Waals surface area contributed by atoms with Crippen molar-refractivity contribution in [2.24, 2.45) is 17.6 Å². The molecule has 1 amide bonds. The maximum absolute atomic E-state index is 13.9. The number of amides is 1. The van der Waals surface area contributed by atoms with Crippen molar-refractivity contribution in [3.8, 4) is 0 Å². The Bertz CT molecular complexity index is 1600. The Labute approximate surface area is 230 Å². The van der Waals surface area contributed by atoms with Crippen molar-refractivity contribution in [3.63, 3.8) is 0 Å². The van der Waals surface area contributed by atoms with E-state index in [2.05, 4.69) is 9.97 Å². The molecule has 0 saturated heterocycles. The number of nitrogens with two attached hydrogens (primary N) is 1. The number of fused-ring (bicyclic) bond motifs is 1. The minimum absolute atomic E-state index is 0.133. The number of hydrogen-bond donors (Lipinski definition) is 1. The number of nitrogens with zero attached hydrogens (tertiary/aromatic N) is 3. The van der Waals surface area contributed by atoms with Gasteiger partial charge in [-0.3, -0.25) is 9.78 Å². The predicted octanol–water partition coefficient (Wildman–Crippen LogP) is 3.68. The zero-order valence-corrected chi connectivity index (χ0v) is 24.1. The molecule has 2 N–H and O–H groups in total. The number of carbonyl (C=O) groups excluding carboxylic acids is 1. The van der Waals surface area contributed by atoms with Gasteiger partial charge in [0.1, 0.15) is 0 Å². The van der Waals surface area contributed by atoms with E-state index in [-0.39, 0.29) is 10.6 Å². The average Bonchev–Trinajstić information content (AvgIpc) is 3.55. The van der Waals surface area contributed by atoms with E-state index < -0.39 is 49.5 Å². The summed E-state index contributed by atoms with van der Waals surface area (Å²) < 4.78 is 55.0. The molecule has 13 heteroatoms. The molecule has 2 heterocycles. The van der Waals surface area contributed by atoms with Gasteiger partial charge in [0.05, 0.1) is 49.7 Å². The minimum Gasteiger partial charge on any atom is -0.310 e. The molecule has 0 aliphatic carbocycles. The van der Waals surface area contributed by atoms with Gasteiger partial charge in [-0.05, 0) is 36.1 Å². The normalized spacial score (nSPS) is 14.7. The Morgan fingerprint density at radius 2 is 1.76 bits per heavy atom. The average molecular weight is 593 g/mol. The largest absolute Gasteiger partial charge is 0.310 e. The van der Waals surface area contributed by atoms with Crippen LogP contribution in [-0.4, -0.2) is 48.9 Å². The fourth-order valence-electron chi connectivity index (χ4n) is 4.13. The lowest BCUT2D eigenvalue weighted by Crippen LogP contribution is -2.54. The molecule has 2 aromatic heterocycles. The van der Waals surface area contributed by atoms with E-state index in [9.17, 15) is 21.6 Å². The lowest BCUT2D eigenvalue weighted by molar-refractivity contribution is -0.131. The van der Waals surface area contributed by atoms with Crippen molar-refractivity contribution in [1.29, 1.82) is 0 Å². The van der Waals surface area contributed by atoms with E-state index in [1.165, 1.54) is 53.4 Å². The van der Waals surface area contributed by atoms with E-state index in [4.69, 9.17) is 5.73 Å². The summed E-state index contributed by atoms with van der Waals surface area (Å²) in [6.07, 6.45) is 0.650. The first-order chi connectivity index (χ1) is 18.0. The van der Waals surface area contributed by atoms with Crippen LogP contribution in [0, 0.1) is 11.8 Å². The van der Waals surface area contributed by atoms with Crippen LogP contribution in [0.2, 0.25) is 0 Å². The minimum atomic E-state index is -4.44. The summed E-state index contributed by atoms with van der Waals surface area (Å²) in [4.78, 5) is 22.2. The lowest BCUT2D eigenvalue weighted by atomic mass is 9.98. The highest BCUT2D eigenvalue weighted by molar-refractivity contribution is 7.91. The second-order valence-electron chi connectivity index (χ2n) is 9.20. The molecule has 2 aromatic carbocycles. The third kappa shape index (κ3) is 6.46. The number of sulfone groups is 1. The molecule has 9 nitrogen and oxygen atoms in total. The third-order valence-electron chi connectivity index (χ3n) is 6.10. The summed E-state index contributed by atoms with van der Waals surface area (Å²) in [5.74, 6) is -3.29. The van der Waals surface area contributed by atoms with E-state index in [0.29, 0.717) is 21.1 Å². The molecule has 4 aromatic rings. The molecule has 0 spiro atoms. The topological polar surface area (TPSA) is 140 Å². The monoisotopic (exact) mass is 592 g/mol. The Morgan fingerprint density at radius 3 is 2.45 bits per heavy atom. The van der Waals surface area contributed by atoms with E-state index in [0.717, 1.165) is 10.3 Å². The van der Waals surface area contributed by atoms with Gasteiger partial charge in [-0.2, -0.15) is 0 Å².